The lowest BCUT2D eigenvalue weighted by atomic mass is 10.00. The molecule has 4 heteroatoms. The number of nitrogens with zero attached hydrogens (tertiary/aromatic N) is 2. The van der Waals surface area contributed by atoms with Crippen molar-refractivity contribution in [3.63, 3.8) is 0 Å². The summed E-state index contributed by atoms with van der Waals surface area (Å²) in [5, 5.41) is 4.11. The molecular weight excluding hydrogens is 298 g/mol. The third-order valence-electron chi connectivity index (χ3n) is 4.80. The van der Waals surface area contributed by atoms with Crippen LogP contribution in [0.3, 0.4) is 0 Å². The van der Waals surface area contributed by atoms with Gasteiger partial charge < -0.3 is 9.64 Å². The van der Waals surface area contributed by atoms with E-state index in [9.17, 15) is 0 Å². The van der Waals surface area contributed by atoms with Crippen molar-refractivity contribution in [2.45, 2.75) is 39.2 Å². The molecule has 128 valence electrons. The van der Waals surface area contributed by atoms with Gasteiger partial charge in [-0.2, -0.15) is 5.10 Å². The lowest BCUT2D eigenvalue weighted by Gasteiger charge is -2.20. The van der Waals surface area contributed by atoms with E-state index in [1.807, 2.05) is 18.4 Å². The number of benzene rings is 1. The normalized spacial score (nSPS) is 20.8. The SMILES string of the molecule is C=C1C=C(c2ccc(OCCCN3CCC[C@H]3C)cc2C)C=NN1. The van der Waals surface area contributed by atoms with Gasteiger partial charge in [0.2, 0.25) is 0 Å². The molecule has 0 amide bonds. The molecule has 0 unspecified atom stereocenters. The summed E-state index contributed by atoms with van der Waals surface area (Å²) in [4.78, 5) is 2.56. The molecule has 1 fully saturated rings. The predicted octanol–water partition coefficient (Wildman–Crippen LogP) is 3.73. The van der Waals surface area contributed by atoms with Gasteiger partial charge in [-0.15, -0.1) is 0 Å². The first-order chi connectivity index (χ1) is 11.6. The van der Waals surface area contributed by atoms with E-state index in [1.54, 1.807) is 0 Å². The average molecular weight is 325 g/mol. The van der Waals surface area contributed by atoms with Crippen LogP contribution in [0.1, 0.15) is 37.3 Å². The molecule has 1 aromatic carbocycles. The largest absolute Gasteiger partial charge is 0.494 e. The fourth-order valence-electron chi connectivity index (χ4n) is 3.42. The van der Waals surface area contributed by atoms with Crippen LogP contribution in [0, 0.1) is 6.92 Å². The van der Waals surface area contributed by atoms with Crippen LogP contribution < -0.4 is 10.2 Å². The predicted molar refractivity (Wildman–Crippen MR) is 100 cm³/mol. The molecule has 1 atom stereocenters. The lowest BCUT2D eigenvalue weighted by Crippen LogP contribution is -2.28. The van der Waals surface area contributed by atoms with E-state index in [0.717, 1.165) is 42.6 Å². The molecule has 1 aromatic rings. The summed E-state index contributed by atoms with van der Waals surface area (Å²) in [6.45, 7) is 11.5. The maximum Gasteiger partial charge on any atom is 0.119 e. The van der Waals surface area contributed by atoms with Gasteiger partial charge in [-0.1, -0.05) is 12.6 Å². The van der Waals surface area contributed by atoms with E-state index in [4.69, 9.17) is 4.74 Å². The summed E-state index contributed by atoms with van der Waals surface area (Å²) in [6.07, 6.45) is 7.59. The third kappa shape index (κ3) is 4.06. The van der Waals surface area contributed by atoms with E-state index in [-0.39, 0.29) is 0 Å². The Bertz CT molecular complexity index is 663. The Morgan fingerprint density at radius 2 is 2.29 bits per heavy atom. The molecule has 2 aliphatic rings. The number of rotatable bonds is 6. The highest BCUT2D eigenvalue weighted by atomic mass is 16.5. The standard InChI is InChI=1S/C20H27N3O/c1-15-12-19(24-11-5-10-23-9-4-6-17(23)3)7-8-20(15)18-13-16(2)22-21-14-18/h7-8,12-14,17,22H,2,4-6,9-11H2,1,3H3/t17-/m1/s1. The Balaban J connectivity index is 1.53. The summed E-state index contributed by atoms with van der Waals surface area (Å²) in [7, 11) is 0. The second-order valence-corrected chi connectivity index (χ2v) is 6.70. The van der Waals surface area contributed by atoms with E-state index >= 15 is 0 Å². The highest BCUT2D eigenvalue weighted by Crippen LogP contribution is 2.24. The van der Waals surface area contributed by atoms with Crippen LogP contribution in [0.2, 0.25) is 0 Å². The monoisotopic (exact) mass is 325 g/mol. The highest BCUT2D eigenvalue weighted by Gasteiger charge is 2.19. The van der Waals surface area contributed by atoms with Crippen molar-refractivity contribution in [2.75, 3.05) is 19.7 Å². The van der Waals surface area contributed by atoms with Gasteiger partial charge in [0, 0.05) is 23.9 Å². The second kappa shape index (κ2) is 7.67. The minimum absolute atomic E-state index is 0.737. The minimum atomic E-state index is 0.737. The molecule has 1 N–H and O–H groups in total. The van der Waals surface area contributed by atoms with E-state index in [1.165, 1.54) is 30.5 Å². The van der Waals surface area contributed by atoms with Crippen LogP contribution in [0.4, 0.5) is 0 Å². The summed E-state index contributed by atoms with van der Waals surface area (Å²) in [5.74, 6) is 0.941. The number of hydrazone groups is 1. The number of aryl methyl sites for hydroxylation is 1. The zero-order valence-electron chi connectivity index (χ0n) is 14.7. The van der Waals surface area contributed by atoms with Crippen molar-refractivity contribution >= 4 is 11.8 Å². The van der Waals surface area contributed by atoms with Gasteiger partial charge in [0.15, 0.2) is 0 Å². The van der Waals surface area contributed by atoms with Gasteiger partial charge in [-0.05, 0) is 69.0 Å². The summed E-state index contributed by atoms with van der Waals surface area (Å²) in [5.41, 5.74) is 7.08. The summed E-state index contributed by atoms with van der Waals surface area (Å²) < 4.78 is 5.94. The number of likely N-dealkylation sites (tertiary alicyclic amines) is 1. The molecule has 3 rings (SSSR count). The fraction of sp³-hybridized carbons (Fsp3) is 0.450. The number of hydrogen-bond acceptors (Lipinski definition) is 4. The molecule has 2 aliphatic heterocycles. The summed E-state index contributed by atoms with van der Waals surface area (Å²) in [6, 6.07) is 6.98. The molecule has 0 bridgehead atoms. The van der Waals surface area contributed by atoms with Crippen LogP contribution in [-0.4, -0.2) is 36.9 Å². The maximum atomic E-state index is 5.94. The Morgan fingerprint density at radius 3 is 3.00 bits per heavy atom. The Kier molecular flexibility index (Phi) is 5.36. The van der Waals surface area contributed by atoms with E-state index < -0.39 is 0 Å². The van der Waals surface area contributed by atoms with Gasteiger partial charge in [-0.25, -0.2) is 0 Å². The average Bonchev–Trinajstić information content (AvgIpc) is 2.97. The van der Waals surface area contributed by atoms with Crippen LogP contribution >= 0.6 is 0 Å². The quantitative estimate of drug-likeness (QED) is 0.810. The molecule has 0 aliphatic carbocycles. The van der Waals surface area contributed by atoms with Gasteiger partial charge in [0.05, 0.1) is 12.8 Å². The van der Waals surface area contributed by atoms with Crippen molar-refractivity contribution in [1.29, 1.82) is 0 Å². The van der Waals surface area contributed by atoms with E-state index in [0.29, 0.717) is 0 Å². The number of allylic oxidation sites excluding steroid dienone is 2. The van der Waals surface area contributed by atoms with Gasteiger partial charge in [0.1, 0.15) is 5.75 Å². The Hall–Kier alpha value is -2.07. The first-order valence-electron chi connectivity index (χ1n) is 8.81. The molecule has 0 aromatic heterocycles. The van der Waals surface area contributed by atoms with Crippen molar-refractivity contribution < 1.29 is 4.74 Å². The molecule has 1 saturated heterocycles. The Labute approximate surface area is 144 Å². The molecule has 4 nitrogen and oxygen atoms in total. The smallest absolute Gasteiger partial charge is 0.119 e. The second-order valence-electron chi connectivity index (χ2n) is 6.70. The fourth-order valence-corrected chi connectivity index (χ4v) is 3.42. The molecule has 2 heterocycles. The molecule has 0 radical (unpaired) electrons. The van der Waals surface area contributed by atoms with Gasteiger partial charge in [0.25, 0.3) is 0 Å². The number of ether oxygens (including phenoxy) is 1. The minimum Gasteiger partial charge on any atom is -0.494 e. The van der Waals surface area contributed by atoms with Crippen molar-refractivity contribution in [2.24, 2.45) is 5.10 Å². The van der Waals surface area contributed by atoms with Crippen LogP contribution in [0.25, 0.3) is 5.57 Å². The van der Waals surface area contributed by atoms with Crippen molar-refractivity contribution in [1.82, 2.24) is 10.3 Å². The maximum absolute atomic E-state index is 5.94. The zero-order valence-corrected chi connectivity index (χ0v) is 14.7. The van der Waals surface area contributed by atoms with Gasteiger partial charge >= 0.3 is 0 Å². The molecule has 24 heavy (non-hydrogen) atoms. The first kappa shape index (κ1) is 16.8. The highest BCUT2D eigenvalue weighted by molar-refractivity contribution is 6.11. The topological polar surface area (TPSA) is 36.9 Å². The van der Waals surface area contributed by atoms with Crippen molar-refractivity contribution in [3.8, 4) is 5.75 Å². The number of hydrogen-bond donors (Lipinski definition) is 1. The summed E-state index contributed by atoms with van der Waals surface area (Å²) >= 11 is 0. The van der Waals surface area contributed by atoms with Crippen LogP contribution in [0.15, 0.2) is 41.7 Å². The first-order valence-corrected chi connectivity index (χ1v) is 8.81. The van der Waals surface area contributed by atoms with E-state index in [2.05, 4.69) is 48.0 Å². The van der Waals surface area contributed by atoms with Crippen molar-refractivity contribution in [3.05, 3.63) is 47.7 Å². The number of nitrogens with one attached hydrogen (secondary N) is 1. The molecule has 0 saturated carbocycles. The van der Waals surface area contributed by atoms with Crippen LogP contribution in [-0.2, 0) is 0 Å². The van der Waals surface area contributed by atoms with Crippen LogP contribution in [0.5, 0.6) is 5.75 Å². The molecular formula is C20H27N3O. The Morgan fingerprint density at radius 1 is 1.42 bits per heavy atom. The zero-order chi connectivity index (χ0) is 16.9. The third-order valence-corrected chi connectivity index (χ3v) is 4.80. The molecule has 0 spiro atoms. The lowest BCUT2D eigenvalue weighted by molar-refractivity contribution is 0.230. The van der Waals surface area contributed by atoms with Gasteiger partial charge in [-0.3, -0.25) is 5.43 Å².